The summed E-state index contributed by atoms with van der Waals surface area (Å²) in [7, 11) is 0. The monoisotopic (exact) mass is 185 g/mol. The molecule has 0 spiro atoms. The largest absolute Gasteiger partial charge is 0.313 e. The van der Waals surface area contributed by atoms with Crippen molar-refractivity contribution in [1.29, 1.82) is 0 Å². The van der Waals surface area contributed by atoms with E-state index in [1.807, 2.05) is 6.26 Å². The molecule has 0 aliphatic carbocycles. The predicted octanol–water partition coefficient (Wildman–Crippen LogP) is 1.58. The second-order valence-electron chi connectivity index (χ2n) is 2.89. The standard InChI is InChI=1S/C9H15NOS/c1-12-9(11)3-2-8-4-6-10-7-5-8/h4,10H,2-3,5-7H2,1H3. The van der Waals surface area contributed by atoms with Crippen LogP contribution in [0.3, 0.4) is 0 Å². The van der Waals surface area contributed by atoms with E-state index in [4.69, 9.17) is 0 Å². The lowest BCUT2D eigenvalue weighted by molar-refractivity contribution is -0.110. The SMILES string of the molecule is CSC(=O)CCC1=CCNCC1. The van der Waals surface area contributed by atoms with Gasteiger partial charge in [0.25, 0.3) is 0 Å². The van der Waals surface area contributed by atoms with E-state index in [0.29, 0.717) is 11.5 Å². The smallest absolute Gasteiger partial charge is 0.188 e. The second-order valence-corrected chi connectivity index (χ2v) is 3.76. The van der Waals surface area contributed by atoms with Crippen molar-refractivity contribution in [3.8, 4) is 0 Å². The van der Waals surface area contributed by atoms with E-state index in [1.165, 1.54) is 17.3 Å². The molecule has 1 N–H and O–H groups in total. The molecule has 1 rings (SSSR count). The molecule has 0 aromatic rings. The van der Waals surface area contributed by atoms with Gasteiger partial charge in [-0.25, -0.2) is 0 Å². The third-order valence-corrected chi connectivity index (χ3v) is 2.70. The van der Waals surface area contributed by atoms with Crippen molar-refractivity contribution >= 4 is 16.9 Å². The number of hydrogen-bond acceptors (Lipinski definition) is 3. The Kier molecular flexibility index (Phi) is 4.40. The predicted molar refractivity (Wildman–Crippen MR) is 53.3 cm³/mol. The Bertz CT molecular complexity index is 189. The van der Waals surface area contributed by atoms with Crippen LogP contribution in [0.15, 0.2) is 11.6 Å². The van der Waals surface area contributed by atoms with Gasteiger partial charge in [-0.1, -0.05) is 23.4 Å². The van der Waals surface area contributed by atoms with Crippen LogP contribution < -0.4 is 5.32 Å². The molecule has 68 valence electrons. The van der Waals surface area contributed by atoms with Crippen molar-refractivity contribution in [3.63, 3.8) is 0 Å². The zero-order valence-electron chi connectivity index (χ0n) is 7.43. The van der Waals surface area contributed by atoms with Crippen LogP contribution >= 0.6 is 11.8 Å². The lowest BCUT2D eigenvalue weighted by Gasteiger charge is -2.12. The molecule has 0 saturated heterocycles. The molecule has 3 heteroatoms. The average Bonchev–Trinajstić information content (AvgIpc) is 2.16. The normalized spacial score (nSPS) is 17.2. The molecule has 0 saturated carbocycles. The van der Waals surface area contributed by atoms with Crippen molar-refractivity contribution in [1.82, 2.24) is 5.32 Å². The van der Waals surface area contributed by atoms with Crippen molar-refractivity contribution < 1.29 is 4.79 Å². The molecular formula is C9H15NOS. The summed E-state index contributed by atoms with van der Waals surface area (Å²) >= 11 is 1.33. The van der Waals surface area contributed by atoms with E-state index in [1.54, 1.807) is 0 Å². The summed E-state index contributed by atoms with van der Waals surface area (Å²) in [6.07, 6.45) is 6.83. The zero-order chi connectivity index (χ0) is 8.81. The fraction of sp³-hybridized carbons (Fsp3) is 0.667. The van der Waals surface area contributed by atoms with Crippen molar-refractivity contribution in [2.75, 3.05) is 19.3 Å². The summed E-state index contributed by atoms with van der Waals surface area (Å²) in [6.45, 7) is 2.04. The lowest BCUT2D eigenvalue weighted by Crippen LogP contribution is -2.20. The van der Waals surface area contributed by atoms with Gasteiger partial charge < -0.3 is 5.32 Å². The van der Waals surface area contributed by atoms with E-state index in [2.05, 4.69) is 11.4 Å². The van der Waals surface area contributed by atoms with Gasteiger partial charge in [0.2, 0.25) is 0 Å². The van der Waals surface area contributed by atoms with Gasteiger partial charge in [0, 0.05) is 13.0 Å². The molecule has 0 aromatic heterocycles. The van der Waals surface area contributed by atoms with Crippen LogP contribution in [0.25, 0.3) is 0 Å². The van der Waals surface area contributed by atoms with Gasteiger partial charge in [-0.2, -0.15) is 0 Å². The summed E-state index contributed by atoms with van der Waals surface area (Å²) in [4.78, 5) is 11.0. The van der Waals surface area contributed by atoms with Crippen LogP contribution in [0.5, 0.6) is 0 Å². The summed E-state index contributed by atoms with van der Waals surface area (Å²) in [6, 6.07) is 0. The quantitative estimate of drug-likeness (QED) is 0.677. The van der Waals surface area contributed by atoms with Gasteiger partial charge >= 0.3 is 0 Å². The Labute approximate surface area is 77.8 Å². The Morgan fingerprint density at radius 2 is 2.58 bits per heavy atom. The number of nitrogens with one attached hydrogen (secondary N) is 1. The minimum absolute atomic E-state index is 0.300. The maximum atomic E-state index is 11.0. The minimum Gasteiger partial charge on any atom is -0.313 e. The van der Waals surface area contributed by atoms with Crippen LogP contribution in [0.1, 0.15) is 19.3 Å². The highest BCUT2D eigenvalue weighted by atomic mass is 32.2. The molecule has 0 unspecified atom stereocenters. The second kappa shape index (κ2) is 5.38. The number of hydrogen-bond donors (Lipinski definition) is 1. The number of carbonyl (C=O) groups excluding carboxylic acids is 1. The number of carbonyl (C=O) groups is 1. The first-order valence-corrected chi connectivity index (χ1v) is 5.51. The van der Waals surface area contributed by atoms with E-state index in [-0.39, 0.29) is 0 Å². The first kappa shape index (κ1) is 9.81. The molecule has 1 aliphatic rings. The first-order chi connectivity index (χ1) is 5.83. The summed E-state index contributed by atoms with van der Waals surface area (Å²) < 4.78 is 0. The topological polar surface area (TPSA) is 29.1 Å². The molecule has 0 atom stereocenters. The maximum absolute atomic E-state index is 11.0. The van der Waals surface area contributed by atoms with Gasteiger partial charge in [-0.05, 0) is 25.6 Å². The van der Waals surface area contributed by atoms with Crippen LogP contribution in [0.4, 0.5) is 0 Å². The van der Waals surface area contributed by atoms with Crippen molar-refractivity contribution in [2.24, 2.45) is 0 Å². The zero-order valence-corrected chi connectivity index (χ0v) is 8.25. The molecule has 0 bridgehead atoms. The average molecular weight is 185 g/mol. The summed E-state index contributed by atoms with van der Waals surface area (Å²) in [5.74, 6) is 0. The molecule has 0 amide bonds. The highest BCUT2D eigenvalue weighted by Gasteiger charge is 2.05. The third kappa shape index (κ3) is 3.41. The van der Waals surface area contributed by atoms with Crippen LogP contribution in [0.2, 0.25) is 0 Å². The number of rotatable bonds is 3. The Balaban J connectivity index is 2.21. The molecule has 2 nitrogen and oxygen atoms in total. The molecule has 1 heterocycles. The van der Waals surface area contributed by atoms with E-state index < -0.39 is 0 Å². The summed E-state index contributed by atoms with van der Waals surface area (Å²) in [5, 5.41) is 3.55. The Morgan fingerprint density at radius 3 is 3.17 bits per heavy atom. The Morgan fingerprint density at radius 1 is 1.75 bits per heavy atom. The molecule has 0 fully saturated rings. The molecule has 0 radical (unpaired) electrons. The van der Waals surface area contributed by atoms with Gasteiger partial charge in [-0.15, -0.1) is 0 Å². The highest BCUT2D eigenvalue weighted by molar-refractivity contribution is 8.13. The fourth-order valence-corrected chi connectivity index (χ4v) is 1.57. The van der Waals surface area contributed by atoms with E-state index in [0.717, 1.165) is 25.9 Å². The Hall–Kier alpha value is -0.280. The molecule has 1 aliphatic heterocycles. The summed E-state index contributed by atoms with van der Waals surface area (Å²) in [5.41, 5.74) is 1.44. The van der Waals surface area contributed by atoms with Crippen LogP contribution in [0, 0.1) is 0 Å². The van der Waals surface area contributed by atoms with Crippen LogP contribution in [-0.4, -0.2) is 24.5 Å². The molecular weight excluding hydrogens is 170 g/mol. The highest BCUT2D eigenvalue weighted by Crippen LogP contribution is 2.14. The maximum Gasteiger partial charge on any atom is 0.188 e. The molecule has 12 heavy (non-hydrogen) atoms. The van der Waals surface area contributed by atoms with Gasteiger partial charge in [0.15, 0.2) is 5.12 Å². The van der Waals surface area contributed by atoms with Gasteiger partial charge in [0.1, 0.15) is 0 Å². The minimum atomic E-state index is 0.300. The first-order valence-electron chi connectivity index (χ1n) is 4.28. The van der Waals surface area contributed by atoms with Crippen LogP contribution in [-0.2, 0) is 4.79 Å². The number of thioether (sulfide) groups is 1. The fourth-order valence-electron chi connectivity index (χ4n) is 1.26. The lowest BCUT2D eigenvalue weighted by atomic mass is 10.0. The van der Waals surface area contributed by atoms with Gasteiger partial charge in [-0.3, -0.25) is 4.79 Å². The third-order valence-electron chi connectivity index (χ3n) is 2.04. The van der Waals surface area contributed by atoms with E-state index in [9.17, 15) is 4.79 Å². The molecule has 0 aromatic carbocycles. The van der Waals surface area contributed by atoms with Crippen molar-refractivity contribution in [2.45, 2.75) is 19.3 Å². The van der Waals surface area contributed by atoms with E-state index >= 15 is 0 Å². The van der Waals surface area contributed by atoms with Gasteiger partial charge in [0.05, 0.1) is 0 Å². The van der Waals surface area contributed by atoms with Crippen molar-refractivity contribution in [3.05, 3.63) is 11.6 Å².